The molecule has 1 amide bonds. The molecule has 1 unspecified atom stereocenters. The van der Waals surface area contributed by atoms with E-state index in [0.29, 0.717) is 6.42 Å². The van der Waals surface area contributed by atoms with E-state index < -0.39 is 23.6 Å². The van der Waals surface area contributed by atoms with Gasteiger partial charge in [-0.25, -0.2) is 0 Å². The molecule has 1 aromatic carbocycles. The molecule has 118 valence electrons. The van der Waals surface area contributed by atoms with Gasteiger partial charge in [-0.2, -0.15) is 13.2 Å². The number of methoxy groups -OCH3 is 1. The Morgan fingerprint density at radius 1 is 1.43 bits per heavy atom. The molecule has 0 saturated carbocycles. The number of carbonyl (C=O) groups excluding carboxylic acids is 1. The molecule has 0 aliphatic rings. The Kier molecular flexibility index (Phi) is 6.02. The number of halogens is 3. The van der Waals surface area contributed by atoms with Crippen molar-refractivity contribution in [2.75, 3.05) is 19.0 Å². The summed E-state index contributed by atoms with van der Waals surface area (Å²) in [5, 5.41) is 2.31. The number of benzene rings is 1. The molecule has 0 aromatic heterocycles. The molecule has 0 fully saturated rings. The molecular weight excluding hydrogens is 285 g/mol. The number of carbonyl (C=O) groups is 1. The SMILES string of the molecule is CCCC(CN)C(=O)Nc1ccc(OC)cc1C(F)(F)F. The average Bonchev–Trinajstić information content (AvgIpc) is 2.43. The minimum absolute atomic E-state index is 0.0734. The van der Waals surface area contributed by atoms with E-state index >= 15 is 0 Å². The summed E-state index contributed by atoms with van der Waals surface area (Å²) in [4.78, 5) is 12.0. The second-order valence-electron chi connectivity index (χ2n) is 4.62. The predicted molar refractivity (Wildman–Crippen MR) is 74.1 cm³/mol. The van der Waals surface area contributed by atoms with Crippen LogP contribution in [0.3, 0.4) is 0 Å². The minimum Gasteiger partial charge on any atom is -0.497 e. The highest BCUT2D eigenvalue weighted by atomic mass is 19.4. The summed E-state index contributed by atoms with van der Waals surface area (Å²) >= 11 is 0. The van der Waals surface area contributed by atoms with Crippen molar-refractivity contribution >= 4 is 11.6 Å². The van der Waals surface area contributed by atoms with Gasteiger partial charge in [0.25, 0.3) is 0 Å². The average molecular weight is 304 g/mol. The first-order valence-electron chi connectivity index (χ1n) is 6.59. The van der Waals surface area contributed by atoms with E-state index in [1.807, 2.05) is 6.92 Å². The maximum Gasteiger partial charge on any atom is 0.418 e. The van der Waals surface area contributed by atoms with Crippen LogP contribution in [0.1, 0.15) is 25.3 Å². The molecule has 4 nitrogen and oxygen atoms in total. The molecule has 1 atom stereocenters. The van der Waals surface area contributed by atoms with Crippen molar-refractivity contribution in [1.82, 2.24) is 0 Å². The highest BCUT2D eigenvalue weighted by Gasteiger charge is 2.34. The van der Waals surface area contributed by atoms with Crippen molar-refractivity contribution in [1.29, 1.82) is 0 Å². The zero-order chi connectivity index (χ0) is 16.0. The third-order valence-electron chi connectivity index (χ3n) is 3.08. The lowest BCUT2D eigenvalue weighted by molar-refractivity contribution is -0.137. The molecule has 0 aliphatic carbocycles. The summed E-state index contributed by atoms with van der Waals surface area (Å²) < 4.78 is 43.8. The van der Waals surface area contributed by atoms with Crippen molar-refractivity contribution in [2.45, 2.75) is 25.9 Å². The van der Waals surface area contributed by atoms with Crippen molar-refractivity contribution in [3.8, 4) is 5.75 Å². The Morgan fingerprint density at radius 3 is 2.57 bits per heavy atom. The number of hydrogen-bond donors (Lipinski definition) is 2. The van der Waals surface area contributed by atoms with Crippen LogP contribution in [-0.2, 0) is 11.0 Å². The molecule has 0 aliphatic heterocycles. The van der Waals surface area contributed by atoms with Gasteiger partial charge in [0.2, 0.25) is 5.91 Å². The van der Waals surface area contributed by atoms with E-state index in [9.17, 15) is 18.0 Å². The van der Waals surface area contributed by atoms with Crippen LogP contribution in [0.15, 0.2) is 18.2 Å². The zero-order valence-corrected chi connectivity index (χ0v) is 12.0. The maximum absolute atomic E-state index is 13.0. The number of amides is 1. The zero-order valence-electron chi connectivity index (χ0n) is 12.0. The van der Waals surface area contributed by atoms with Crippen LogP contribution in [0.5, 0.6) is 5.75 Å². The molecule has 0 bridgehead atoms. The van der Waals surface area contributed by atoms with Crippen molar-refractivity contribution < 1.29 is 22.7 Å². The molecule has 21 heavy (non-hydrogen) atoms. The predicted octanol–water partition coefficient (Wildman–Crippen LogP) is 3.03. The van der Waals surface area contributed by atoms with Gasteiger partial charge in [0.05, 0.1) is 24.3 Å². The van der Waals surface area contributed by atoms with Crippen LogP contribution in [0.25, 0.3) is 0 Å². The maximum atomic E-state index is 13.0. The summed E-state index contributed by atoms with van der Waals surface area (Å²) in [6.07, 6.45) is -3.33. The monoisotopic (exact) mass is 304 g/mol. The van der Waals surface area contributed by atoms with E-state index in [4.69, 9.17) is 10.5 Å². The van der Waals surface area contributed by atoms with Gasteiger partial charge in [0.1, 0.15) is 5.75 Å². The number of nitrogens with two attached hydrogens (primary N) is 1. The molecule has 7 heteroatoms. The third-order valence-corrected chi connectivity index (χ3v) is 3.08. The van der Waals surface area contributed by atoms with E-state index in [1.54, 1.807) is 0 Å². The Labute approximate surface area is 121 Å². The van der Waals surface area contributed by atoms with Gasteiger partial charge >= 0.3 is 6.18 Å². The van der Waals surface area contributed by atoms with Crippen LogP contribution in [0.2, 0.25) is 0 Å². The first-order valence-corrected chi connectivity index (χ1v) is 6.59. The summed E-state index contributed by atoms with van der Waals surface area (Å²) in [5.74, 6) is -0.933. The minimum atomic E-state index is -4.58. The molecular formula is C14H19F3N2O2. The van der Waals surface area contributed by atoms with Gasteiger partial charge in [-0.1, -0.05) is 13.3 Å². The van der Waals surface area contributed by atoms with E-state index in [0.717, 1.165) is 12.5 Å². The van der Waals surface area contributed by atoms with Crippen molar-refractivity contribution in [3.63, 3.8) is 0 Å². The van der Waals surface area contributed by atoms with E-state index in [-0.39, 0.29) is 18.0 Å². The van der Waals surface area contributed by atoms with Crippen LogP contribution in [0.4, 0.5) is 18.9 Å². The van der Waals surface area contributed by atoms with Gasteiger partial charge in [-0.3, -0.25) is 4.79 Å². The number of nitrogens with one attached hydrogen (secondary N) is 1. The summed E-state index contributed by atoms with van der Waals surface area (Å²) in [6, 6.07) is 3.40. The smallest absolute Gasteiger partial charge is 0.418 e. The number of hydrogen-bond acceptors (Lipinski definition) is 3. The molecule has 0 radical (unpaired) electrons. The molecule has 0 heterocycles. The van der Waals surface area contributed by atoms with E-state index in [2.05, 4.69) is 5.32 Å². The quantitative estimate of drug-likeness (QED) is 0.849. The van der Waals surface area contributed by atoms with Crippen molar-refractivity contribution in [2.24, 2.45) is 11.7 Å². The second-order valence-corrected chi connectivity index (χ2v) is 4.62. The van der Waals surface area contributed by atoms with Gasteiger partial charge in [0.15, 0.2) is 0 Å². The highest BCUT2D eigenvalue weighted by molar-refractivity contribution is 5.93. The van der Waals surface area contributed by atoms with E-state index in [1.165, 1.54) is 19.2 Å². The fraction of sp³-hybridized carbons (Fsp3) is 0.500. The fourth-order valence-corrected chi connectivity index (χ4v) is 1.93. The van der Waals surface area contributed by atoms with Crippen molar-refractivity contribution in [3.05, 3.63) is 23.8 Å². The number of alkyl halides is 3. The summed E-state index contributed by atoms with van der Waals surface area (Å²) in [5.41, 5.74) is 4.25. The first kappa shape index (κ1) is 17.3. The lowest BCUT2D eigenvalue weighted by Crippen LogP contribution is -2.30. The van der Waals surface area contributed by atoms with Crippen LogP contribution >= 0.6 is 0 Å². The molecule has 0 spiro atoms. The highest BCUT2D eigenvalue weighted by Crippen LogP contribution is 2.37. The van der Waals surface area contributed by atoms with Gasteiger partial charge in [0, 0.05) is 6.54 Å². The fourth-order valence-electron chi connectivity index (χ4n) is 1.93. The topological polar surface area (TPSA) is 64.4 Å². The van der Waals surface area contributed by atoms with Crippen LogP contribution in [0, 0.1) is 5.92 Å². The number of ether oxygens (including phenoxy) is 1. The standard InChI is InChI=1S/C14H19F3N2O2/c1-3-4-9(8-18)13(20)19-12-6-5-10(21-2)7-11(12)14(15,16)17/h5-7,9H,3-4,8,18H2,1-2H3,(H,19,20). The molecule has 1 rings (SSSR count). The number of rotatable bonds is 6. The number of anilines is 1. The largest absolute Gasteiger partial charge is 0.497 e. The van der Waals surface area contributed by atoms with Gasteiger partial charge in [-0.15, -0.1) is 0 Å². The van der Waals surface area contributed by atoms with Gasteiger partial charge in [-0.05, 0) is 24.6 Å². The Balaban J connectivity index is 3.05. The third kappa shape index (κ3) is 4.63. The lowest BCUT2D eigenvalue weighted by atomic mass is 10.0. The van der Waals surface area contributed by atoms with Crippen LogP contribution < -0.4 is 15.8 Å². The summed E-state index contributed by atoms with van der Waals surface area (Å²) in [6.45, 7) is 1.97. The molecule has 1 aromatic rings. The Bertz CT molecular complexity index is 490. The Hall–Kier alpha value is -1.76. The Morgan fingerprint density at radius 2 is 2.10 bits per heavy atom. The lowest BCUT2D eigenvalue weighted by Gasteiger charge is -2.18. The summed E-state index contributed by atoms with van der Waals surface area (Å²) in [7, 11) is 1.28. The second kappa shape index (κ2) is 7.31. The molecule has 3 N–H and O–H groups in total. The van der Waals surface area contributed by atoms with Crippen LogP contribution in [-0.4, -0.2) is 19.6 Å². The first-order chi connectivity index (χ1) is 9.83. The van der Waals surface area contributed by atoms with Gasteiger partial charge < -0.3 is 15.8 Å². The normalized spacial score (nSPS) is 12.9. The molecule has 0 saturated heterocycles.